The largest absolute Gasteiger partial charge is 0.234 e. The average Bonchev–Trinajstić information content (AvgIpc) is 2.20. The Labute approximate surface area is 91.0 Å². The Morgan fingerprint density at radius 2 is 1.80 bits per heavy atom. The third kappa shape index (κ3) is 4.57. The smallest absolute Gasteiger partial charge is 0.211 e. The lowest BCUT2D eigenvalue weighted by molar-refractivity contribution is 0.563. The highest BCUT2D eigenvalue weighted by Gasteiger charge is 1.97. The fraction of sp³-hybridized carbons (Fsp3) is 0.462. The molecule has 0 aliphatic heterocycles. The third-order valence-corrected chi connectivity index (χ3v) is 2.24. The molecule has 0 aliphatic carbocycles. The summed E-state index contributed by atoms with van der Waals surface area (Å²) in [6, 6.07) is 8.52. The summed E-state index contributed by atoms with van der Waals surface area (Å²) in [6.07, 6.45) is 3.48. The lowest BCUT2D eigenvalue weighted by atomic mass is 10.0. The molecule has 0 aromatic heterocycles. The van der Waals surface area contributed by atoms with Crippen LogP contribution in [0, 0.1) is 5.92 Å². The Hall–Kier alpha value is -1.40. The Balaban J connectivity index is 2.52. The van der Waals surface area contributed by atoms with E-state index in [2.05, 4.69) is 43.1 Å². The van der Waals surface area contributed by atoms with Crippen LogP contribution in [0.1, 0.15) is 25.0 Å². The van der Waals surface area contributed by atoms with Crippen LogP contribution in [-0.2, 0) is 17.6 Å². The molecule has 0 fully saturated rings. The maximum Gasteiger partial charge on any atom is 0.234 e. The van der Waals surface area contributed by atoms with E-state index in [1.165, 1.54) is 11.1 Å². The first-order valence-corrected chi connectivity index (χ1v) is 5.34. The van der Waals surface area contributed by atoms with Gasteiger partial charge in [-0.2, -0.15) is 0 Å². The van der Waals surface area contributed by atoms with Gasteiger partial charge in [-0.3, -0.25) is 0 Å². The lowest BCUT2D eigenvalue weighted by Crippen LogP contribution is -1.95. The summed E-state index contributed by atoms with van der Waals surface area (Å²) in [4.78, 5) is 13.4. The SMILES string of the molecule is CC(C)Cc1ccc(CCN=C=O)cc1. The molecule has 0 saturated heterocycles. The fourth-order valence-electron chi connectivity index (χ4n) is 1.54. The van der Waals surface area contributed by atoms with Crippen molar-refractivity contribution in [2.75, 3.05) is 6.54 Å². The van der Waals surface area contributed by atoms with Crippen molar-refractivity contribution in [3.8, 4) is 0 Å². The Morgan fingerprint density at radius 3 is 2.33 bits per heavy atom. The van der Waals surface area contributed by atoms with E-state index in [1.54, 1.807) is 6.08 Å². The molecule has 2 nitrogen and oxygen atoms in total. The Bertz CT molecular complexity index is 334. The highest BCUT2D eigenvalue weighted by atomic mass is 16.1. The minimum Gasteiger partial charge on any atom is -0.211 e. The van der Waals surface area contributed by atoms with Crippen LogP contribution < -0.4 is 0 Å². The predicted octanol–water partition coefficient (Wildman–Crippen LogP) is 2.76. The normalized spacial score (nSPS) is 10.1. The van der Waals surface area contributed by atoms with Gasteiger partial charge in [0.2, 0.25) is 6.08 Å². The van der Waals surface area contributed by atoms with E-state index in [9.17, 15) is 4.79 Å². The maximum absolute atomic E-state index is 9.88. The summed E-state index contributed by atoms with van der Waals surface area (Å²) < 4.78 is 0. The highest BCUT2D eigenvalue weighted by Crippen LogP contribution is 2.10. The second kappa shape index (κ2) is 6.15. The molecule has 0 spiro atoms. The minimum atomic E-state index is 0.535. The minimum absolute atomic E-state index is 0.535. The van der Waals surface area contributed by atoms with Crippen LogP contribution in [0.5, 0.6) is 0 Å². The predicted molar refractivity (Wildman–Crippen MR) is 61.7 cm³/mol. The molecule has 15 heavy (non-hydrogen) atoms. The number of carbonyl (C=O) groups excluding carboxylic acids is 1. The van der Waals surface area contributed by atoms with Crippen LogP contribution in [0.4, 0.5) is 0 Å². The summed E-state index contributed by atoms with van der Waals surface area (Å²) in [5.74, 6) is 0.690. The molecule has 1 aromatic carbocycles. The van der Waals surface area contributed by atoms with E-state index in [1.807, 2.05) is 0 Å². The summed E-state index contributed by atoms with van der Waals surface area (Å²) in [5.41, 5.74) is 2.59. The molecule has 0 unspecified atom stereocenters. The van der Waals surface area contributed by atoms with Gasteiger partial charge in [0.05, 0.1) is 6.54 Å². The number of nitrogens with zero attached hydrogens (tertiary/aromatic N) is 1. The van der Waals surface area contributed by atoms with Crippen LogP contribution >= 0.6 is 0 Å². The lowest BCUT2D eigenvalue weighted by Gasteiger charge is -2.05. The van der Waals surface area contributed by atoms with Crippen molar-refractivity contribution < 1.29 is 4.79 Å². The second-order valence-corrected chi connectivity index (χ2v) is 4.14. The van der Waals surface area contributed by atoms with Gasteiger partial charge in [-0.15, -0.1) is 0 Å². The van der Waals surface area contributed by atoms with E-state index in [0.29, 0.717) is 12.5 Å². The van der Waals surface area contributed by atoms with Gasteiger partial charge in [0.25, 0.3) is 0 Å². The molecule has 80 valence electrons. The van der Waals surface area contributed by atoms with Crippen molar-refractivity contribution in [1.82, 2.24) is 0 Å². The Kier molecular flexibility index (Phi) is 4.79. The topological polar surface area (TPSA) is 29.4 Å². The summed E-state index contributed by atoms with van der Waals surface area (Å²) in [5, 5.41) is 0. The molecule has 0 N–H and O–H groups in total. The fourth-order valence-corrected chi connectivity index (χ4v) is 1.54. The van der Waals surface area contributed by atoms with E-state index in [4.69, 9.17) is 0 Å². The van der Waals surface area contributed by atoms with Crippen molar-refractivity contribution in [1.29, 1.82) is 0 Å². The number of hydrogen-bond donors (Lipinski definition) is 0. The monoisotopic (exact) mass is 203 g/mol. The van der Waals surface area contributed by atoms with Gasteiger partial charge >= 0.3 is 0 Å². The molecule has 0 bridgehead atoms. The molecule has 0 saturated carbocycles. The quantitative estimate of drug-likeness (QED) is 0.534. The number of rotatable bonds is 5. The van der Waals surface area contributed by atoms with Crippen LogP contribution in [0.15, 0.2) is 29.3 Å². The first kappa shape index (κ1) is 11.7. The molecule has 0 radical (unpaired) electrons. The molecule has 0 aliphatic rings. The first-order valence-electron chi connectivity index (χ1n) is 5.34. The van der Waals surface area contributed by atoms with Gasteiger partial charge in [0, 0.05) is 0 Å². The second-order valence-electron chi connectivity index (χ2n) is 4.14. The zero-order chi connectivity index (χ0) is 11.1. The molecule has 0 atom stereocenters. The Morgan fingerprint density at radius 1 is 1.20 bits per heavy atom. The van der Waals surface area contributed by atoms with Gasteiger partial charge in [0.15, 0.2) is 0 Å². The molecule has 2 heteroatoms. The van der Waals surface area contributed by atoms with Crippen molar-refractivity contribution in [2.24, 2.45) is 10.9 Å². The number of aliphatic imine (C=N–C) groups is 1. The zero-order valence-electron chi connectivity index (χ0n) is 9.36. The first-order chi connectivity index (χ1) is 7.22. The molecule has 1 aromatic rings. The van der Waals surface area contributed by atoms with Crippen LogP contribution in [0.3, 0.4) is 0 Å². The van der Waals surface area contributed by atoms with E-state index in [0.717, 1.165) is 12.8 Å². The average molecular weight is 203 g/mol. The van der Waals surface area contributed by atoms with Crippen LogP contribution in [-0.4, -0.2) is 12.6 Å². The van der Waals surface area contributed by atoms with Gasteiger partial charge in [-0.1, -0.05) is 38.1 Å². The molecular formula is C13H17NO. The standard InChI is InChI=1S/C13H17NO/c1-11(2)9-13-5-3-12(4-6-13)7-8-14-10-15/h3-6,11H,7-9H2,1-2H3. The third-order valence-electron chi connectivity index (χ3n) is 2.24. The molecule has 0 amide bonds. The van der Waals surface area contributed by atoms with E-state index < -0.39 is 0 Å². The highest BCUT2D eigenvalue weighted by molar-refractivity contribution is 5.33. The van der Waals surface area contributed by atoms with Crippen molar-refractivity contribution in [3.63, 3.8) is 0 Å². The van der Waals surface area contributed by atoms with E-state index >= 15 is 0 Å². The van der Waals surface area contributed by atoms with Gasteiger partial charge in [0.1, 0.15) is 0 Å². The summed E-state index contributed by atoms with van der Waals surface area (Å²) in [7, 11) is 0. The zero-order valence-corrected chi connectivity index (χ0v) is 9.36. The molecular weight excluding hydrogens is 186 g/mol. The van der Waals surface area contributed by atoms with Crippen molar-refractivity contribution in [2.45, 2.75) is 26.7 Å². The van der Waals surface area contributed by atoms with Gasteiger partial charge in [-0.05, 0) is 29.9 Å². The van der Waals surface area contributed by atoms with E-state index in [-0.39, 0.29) is 0 Å². The maximum atomic E-state index is 9.88. The number of isocyanates is 1. The summed E-state index contributed by atoms with van der Waals surface area (Å²) in [6.45, 7) is 4.96. The van der Waals surface area contributed by atoms with Gasteiger partial charge in [-0.25, -0.2) is 9.79 Å². The summed E-state index contributed by atoms with van der Waals surface area (Å²) >= 11 is 0. The number of benzene rings is 1. The van der Waals surface area contributed by atoms with Crippen LogP contribution in [0.25, 0.3) is 0 Å². The van der Waals surface area contributed by atoms with Gasteiger partial charge < -0.3 is 0 Å². The van der Waals surface area contributed by atoms with Crippen molar-refractivity contribution >= 4 is 6.08 Å². The number of hydrogen-bond acceptors (Lipinski definition) is 2. The van der Waals surface area contributed by atoms with Crippen molar-refractivity contribution in [3.05, 3.63) is 35.4 Å². The molecule has 1 rings (SSSR count). The molecule has 0 heterocycles. The van der Waals surface area contributed by atoms with Crippen LogP contribution in [0.2, 0.25) is 0 Å².